The zero-order valence-electron chi connectivity index (χ0n) is 10.00. The molecule has 0 amide bonds. The average Bonchev–Trinajstić information content (AvgIpc) is 2.41. The monoisotopic (exact) mass is 343 g/mol. The molecule has 0 radical (unpaired) electrons. The first-order valence-electron chi connectivity index (χ1n) is 5.65. The lowest BCUT2D eigenvalue weighted by Gasteiger charge is -2.09. The first-order chi connectivity index (χ1) is 9.10. The van der Waals surface area contributed by atoms with Crippen molar-refractivity contribution in [2.75, 3.05) is 0 Å². The molecule has 19 heavy (non-hydrogen) atoms. The van der Waals surface area contributed by atoms with Crippen molar-refractivity contribution >= 4 is 27.5 Å². The van der Waals surface area contributed by atoms with Crippen LogP contribution in [0, 0.1) is 5.82 Å². The normalized spacial score (nSPS) is 10.5. The number of nitrogens with two attached hydrogens (primary N) is 1. The third-order valence-corrected chi connectivity index (χ3v) is 3.60. The van der Waals surface area contributed by atoms with E-state index in [4.69, 9.17) is 22.1 Å². The standard InChI is InChI=1S/C14H12BrClFNO/c15-12-6-11(3-4-14(12)17)19-8-10-2-1-9(7-18)5-13(10)16/h1-6H,7-8,18H2. The Hall–Kier alpha value is -1.10. The summed E-state index contributed by atoms with van der Waals surface area (Å²) in [4.78, 5) is 0. The highest BCUT2D eigenvalue weighted by atomic mass is 79.9. The highest BCUT2D eigenvalue weighted by molar-refractivity contribution is 9.10. The van der Waals surface area contributed by atoms with Gasteiger partial charge in [0.1, 0.15) is 18.2 Å². The number of rotatable bonds is 4. The molecule has 0 aliphatic carbocycles. The van der Waals surface area contributed by atoms with Crippen molar-refractivity contribution < 1.29 is 9.13 Å². The molecule has 2 aromatic rings. The fourth-order valence-corrected chi connectivity index (χ4v) is 2.18. The summed E-state index contributed by atoms with van der Waals surface area (Å²) in [5.74, 6) is 0.255. The minimum absolute atomic E-state index is 0.321. The molecule has 0 saturated carbocycles. The van der Waals surface area contributed by atoms with Crippen molar-refractivity contribution in [2.24, 2.45) is 5.73 Å². The topological polar surface area (TPSA) is 35.2 Å². The van der Waals surface area contributed by atoms with Crippen LogP contribution in [0.15, 0.2) is 40.9 Å². The molecule has 0 spiro atoms. The minimum Gasteiger partial charge on any atom is -0.489 e. The Kier molecular flexibility index (Phi) is 4.80. The Morgan fingerprint density at radius 1 is 1.21 bits per heavy atom. The van der Waals surface area contributed by atoms with Gasteiger partial charge >= 0.3 is 0 Å². The summed E-state index contributed by atoms with van der Waals surface area (Å²) in [7, 11) is 0. The van der Waals surface area contributed by atoms with E-state index in [1.54, 1.807) is 12.1 Å². The molecule has 0 atom stereocenters. The molecule has 0 fully saturated rings. The molecule has 0 aliphatic heterocycles. The second kappa shape index (κ2) is 6.37. The van der Waals surface area contributed by atoms with E-state index in [0.29, 0.717) is 28.4 Å². The second-order valence-electron chi connectivity index (χ2n) is 3.99. The molecule has 2 N–H and O–H groups in total. The Balaban J connectivity index is 2.07. The minimum atomic E-state index is -0.322. The molecule has 2 nitrogen and oxygen atoms in total. The van der Waals surface area contributed by atoms with Crippen LogP contribution in [0.5, 0.6) is 5.75 Å². The van der Waals surface area contributed by atoms with Gasteiger partial charge in [0, 0.05) is 17.1 Å². The van der Waals surface area contributed by atoms with Gasteiger partial charge in [0.2, 0.25) is 0 Å². The molecule has 100 valence electrons. The lowest BCUT2D eigenvalue weighted by molar-refractivity contribution is 0.305. The maximum absolute atomic E-state index is 13.1. The summed E-state index contributed by atoms with van der Waals surface area (Å²) in [6, 6.07) is 10.1. The third kappa shape index (κ3) is 3.69. The van der Waals surface area contributed by atoms with Gasteiger partial charge in [-0.1, -0.05) is 23.7 Å². The Bertz CT molecular complexity index is 592. The zero-order valence-corrected chi connectivity index (χ0v) is 12.3. The zero-order chi connectivity index (χ0) is 13.8. The van der Waals surface area contributed by atoms with Crippen molar-refractivity contribution in [1.82, 2.24) is 0 Å². The Morgan fingerprint density at radius 2 is 2.00 bits per heavy atom. The van der Waals surface area contributed by atoms with Crippen LogP contribution in [0.1, 0.15) is 11.1 Å². The molecule has 2 rings (SSSR count). The fraction of sp³-hybridized carbons (Fsp3) is 0.143. The molecule has 0 aliphatic rings. The molecule has 5 heteroatoms. The van der Waals surface area contributed by atoms with Crippen molar-refractivity contribution in [3.63, 3.8) is 0 Å². The van der Waals surface area contributed by atoms with E-state index in [9.17, 15) is 4.39 Å². The maximum Gasteiger partial charge on any atom is 0.137 e. The second-order valence-corrected chi connectivity index (χ2v) is 5.26. The van der Waals surface area contributed by atoms with Gasteiger partial charge in [-0.05, 0) is 45.8 Å². The van der Waals surface area contributed by atoms with Gasteiger partial charge in [0.15, 0.2) is 0 Å². The van der Waals surface area contributed by atoms with Crippen LogP contribution in [0.3, 0.4) is 0 Å². The van der Waals surface area contributed by atoms with Gasteiger partial charge < -0.3 is 10.5 Å². The van der Waals surface area contributed by atoms with Gasteiger partial charge in [-0.15, -0.1) is 0 Å². The molecule has 0 unspecified atom stereocenters. The number of hydrogen-bond donors (Lipinski definition) is 1. The number of halogens is 3. The highest BCUT2D eigenvalue weighted by Crippen LogP contribution is 2.24. The van der Waals surface area contributed by atoms with Crippen LogP contribution in [-0.4, -0.2) is 0 Å². The van der Waals surface area contributed by atoms with E-state index < -0.39 is 0 Å². The molecular weight excluding hydrogens is 333 g/mol. The Labute approximate surface area is 124 Å². The van der Waals surface area contributed by atoms with Crippen LogP contribution < -0.4 is 10.5 Å². The van der Waals surface area contributed by atoms with Gasteiger partial charge in [0.05, 0.1) is 4.47 Å². The average molecular weight is 345 g/mol. The van der Waals surface area contributed by atoms with Gasteiger partial charge in [-0.2, -0.15) is 0 Å². The Morgan fingerprint density at radius 3 is 2.63 bits per heavy atom. The molecule has 0 bridgehead atoms. The van der Waals surface area contributed by atoms with Gasteiger partial charge in [0.25, 0.3) is 0 Å². The predicted octanol–water partition coefficient (Wildman–Crippen LogP) is 4.28. The van der Waals surface area contributed by atoms with Gasteiger partial charge in [-0.3, -0.25) is 0 Å². The summed E-state index contributed by atoms with van der Waals surface area (Å²) in [6.45, 7) is 0.771. The van der Waals surface area contributed by atoms with E-state index in [1.165, 1.54) is 6.07 Å². The summed E-state index contributed by atoms with van der Waals surface area (Å²) in [5, 5.41) is 0.615. The number of benzene rings is 2. The molecule has 0 aromatic heterocycles. The largest absolute Gasteiger partial charge is 0.489 e. The lowest BCUT2D eigenvalue weighted by Crippen LogP contribution is -2.00. The molecule has 0 saturated heterocycles. The van der Waals surface area contributed by atoms with Crippen LogP contribution in [0.25, 0.3) is 0 Å². The van der Waals surface area contributed by atoms with Gasteiger partial charge in [-0.25, -0.2) is 4.39 Å². The summed E-state index contributed by atoms with van der Waals surface area (Å²) in [5.41, 5.74) is 7.37. The summed E-state index contributed by atoms with van der Waals surface area (Å²) < 4.78 is 19.0. The van der Waals surface area contributed by atoms with E-state index in [1.807, 2.05) is 18.2 Å². The van der Waals surface area contributed by atoms with Crippen LogP contribution in [0.2, 0.25) is 5.02 Å². The van der Waals surface area contributed by atoms with Crippen molar-refractivity contribution in [1.29, 1.82) is 0 Å². The number of hydrogen-bond acceptors (Lipinski definition) is 2. The van der Waals surface area contributed by atoms with Crippen LogP contribution >= 0.6 is 27.5 Å². The van der Waals surface area contributed by atoms with Crippen molar-refractivity contribution in [3.8, 4) is 5.75 Å². The SMILES string of the molecule is NCc1ccc(COc2ccc(F)c(Br)c2)c(Cl)c1. The van der Waals surface area contributed by atoms with E-state index in [2.05, 4.69) is 15.9 Å². The number of ether oxygens (including phenoxy) is 1. The maximum atomic E-state index is 13.1. The van der Waals surface area contributed by atoms with Crippen molar-refractivity contribution in [2.45, 2.75) is 13.2 Å². The predicted molar refractivity (Wildman–Crippen MR) is 77.8 cm³/mol. The smallest absolute Gasteiger partial charge is 0.137 e. The first-order valence-corrected chi connectivity index (χ1v) is 6.82. The fourth-order valence-electron chi connectivity index (χ4n) is 1.56. The summed E-state index contributed by atoms with van der Waals surface area (Å²) >= 11 is 9.24. The summed E-state index contributed by atoms with van der Waals surface area (Å²) in [6.07, 6.45) is 0. The van der Waals surface area contributed by atoms with Crippen molar-refractivity contribution in [3.05, 3.63) is 62.8 Å². The molecule has 0 heterocycles. The quantitative estimate of drug-likeness (QED) is 0.898. The van der Waals surface area contributed by atoms with E-state index >= 15 is 0 Å². The van der Waals surface area contributed by atoms with E-state index in [0.717, 1.165) is 11.1 Å². The lowest BCUT2D eigenvalue weighted by atomic mass is 10.1. The van der Waals surface area contributed by atoms with Crippen LogP contribution in [0.4, 0.5) is 4.39 Å². The molecule has 2 aromatic carbocycles. The first kappa shape index (κ1) is 14.3. The highest BCUT2D eigenvalue weighted by Gasteiger charge is 2.05. The molecular formula is C14H12BrClFNO. The van der Waals surface area contributed by atoms with Crippen LogP contribution in [-0.2, 0) is 13.2 Å². The third-order valence-electron chi connectivity index (χ3n) is 2.64. The van der Waals surface area contributed by atoms with E-state index in [-0.39, 0.29) is 5.82 Å².